The zero-order valence-electron chi connectivity index (χ0n) is 16.3. The van der Waals surface area contributed by atoms with Gasteiger partial charge in [0.15, 0.2) is 22.5 Å². The number of aromatic amines is 1. The van der Waals surface area contributed by atoms with Crippen molar-refractivity contribution in [2.45, 2.75) is 36.1 Å². The molecule has 4 N–H and O–H groups in total. The van der Waals surface area contributed by atoms with E-state index in [1.807, 2.05) is 30.3 Å². The molecule has 0 radical (unpaired) electrons. The summed E-state index contributed by atoms with van der Waals surface area (Å²) >= 11 is 1.40. The average molecular weight is 443 g/mol. The predicted octanol–water partition coefficient (Wildman–Crippen LogP) is 0.319. The van der Waals surface area contributed by atoms with Crippen LogP contribution < -0.4 is 5.56 Å². The third-order valence-electron chi connectivity index (χ3n) is 5.39. The van der Waals surface area contributed by atoms with E-state index in [1.165, 1.54) is 20.7 Å². The molecule has 162 valence electrons. The van der Waals surface area contributed by atoms with Gasteiger partial charge in [0.05, 0.1) is 6.61 Å². The van der Waals surface area contributed by atoms with Crippen LogP contribution in [0, 0.1) is 0 Å². The number of hydrogen-bond acceptors (Lipinski definition) is 8. The number of aromatic nitrogens is 5. The van der Waals surface area contributed by atoms with E-state index < -0.39 is 31.1 Å². The minimum Gasteiger partial charge on any atom is -0.394 e. The van der Waals surface area contributed by atoms with Crippen molar-refractivity contribution in [1.29, 1.82) is 0 Å². The Morgan fingerprint density at radius 1 is 1.16 bits per heavy atom. The first-order chi connectivity index (χ1) is 15.1. The molecule has 1 saturated heterocycles. The summed E-state index contributed by atoms with van der Waals surface area (Å²) in [7, 11) is 0. The summed E-state index contributed by atoms with van der Waals surface area (Å²) in [6.07, 6.45) is -0.641. The second-order valence-electron chi connectivity index (χ2n) is 7.32. The van der Waals surface area contributed by atoms with Gasteiger partial charge in [-0.2, -0.15) is 4.98 Å². The summed E-state index contributed by atoms with van der Waals surface area (Å²) in [6, 6.07) is 9.97. The molecule has 0 aliphatic carbocycles. The summed E-state index contributed by atoms with van der Waals surface area (Å²) in [5.74, 6) is 0.993. The van der Waals surface area contributed by atoms with Crippen molar-refractivity contribution in [3.8, 4) is 0 Å². The number of nitrogens with zero attached hydrogens (tertiary/aromatic N) is 4. The highest BCUT2D eigenvalue weighted by Crippen LogP contribution is 2.35. The lowest BCUT2D eigenvalue weighted by Gasteiger charge is -2.19. The fourth-order valence-corrected chi connectivity index (χ4v) is 4.78. The average Bonchev–Trinajstić information content (AvgIpc) is 3.47. The highest BCUT2D eigenvalue weighted by atomic mass is 32.2. The van der Waals surface area contributed by atoms with E-state index in [0.717, 1.165) is 12.0 Å². The van der Waals surface area contributed by atoms with E-state index in [4.69, 9.17) is 4.74 Å². The van der Waals surface area contributed by atoms with Crippen LogP contribution in [0.1, 0.15) is 11.8 Å². The number of fused-ring (bicyclic) bond motifs is 2. The van der Waals surface area contributed by atoms with Gasteiger partial charge < -0.3 is 25.0 Å². The maximum Gasteiger partial charge on any atom is 0.287 e. The number of imidazole rings is 2. The number of ether oxygens (including phenoxy) is 1. The van der Waals surface area contributed by atoms with Crippen LogP contribution in [0.3, 0.4) is 0 Å². The fraction of sp³-hybridized carbons (Fsp3) is 0.350. The Bertz CT molecular complexity index is 1270. The third-order valence-corrected chi connectivity index (χ3v) is 6.34. The number of hydrogen-bond donors (Lipinski definition) is 4. The van der Waals surface area contributed by atoms with Gasteiger partial charge in [0.2, 0.25) is 5.78 Å². The fourth-order valence-electron chi connectivity index (χ4n) is 3.77. The summed E-state index contributed by atoms with van der Waals surface area (Å²) in [4.78, 5) is 24.8. The van der Waals surface area contributed by atoms with Crippen LogP contribution in [-0.4, -0.2) is 69.9 Å². The smallest absolute Gasteiger partial charge is 0.287 e. The molecule has 11 heteroatoms. The van der Waals surface area contributed by atoms with Crippen LogP contribution in [0.15, 0.2) is 52.7 Å². The van der Waals surface area contributed by atoms with Crippen molar-refractivity contribution in [3.63, 3.8) is 0 Å². The number of rotatable bonds is 6. The zero-order valence-corrected chi connectivity index (χ0v) is 17.1. The molecule has 4 aromatic rings. The maximum absolute atomic E-state index is 12.9. The minimum atomic E-state index is -1.31. The van der Waals surface area contributed by atoms with Gasteiger partial charge in [-0.25, -0.2) is 4.98 Å². The molecule has 1 aliphatic rings. The van der Waals surface area contributed by atoms with Crippen molar-refractivity contribution >= 4 is 28.7 Å². The molecule has 1 aromatic carbocycles. The molecule has 1 fully saturated rings. The number of aryl methyl sites for hydroxylation is 1. The largest absolute Gasteiger partial charge is 0.394 e. The van der Waals surface area contributed by atoms with Crippen LogP contribution in [0.25, 0.3) is 16.9 Å². The normalized spacial score (nSPS) is 23.8. The lowest BCUT2D eigenvalue weighted by Crippen LogP contribution is -2.33. The van der Waals surface area contributed by atoms with Crippen LogP contribution in [0.5, 0.6) is 0 Å². The maximum atomic E-state index is 12.9. The van der Waals surface area contributed by atoms with Gasteiger partial charge >= 0.3 is 0 Å². The molecule has 0 spiro atoms. The first-order valence-electron chi connectivity index (χ1n) is 9.85. The van der Waals surface area contributed by atoms with Crippen LogP contribution >= 0.6 is 11.8 Å². The Balaban J connectivity index is 1.57. The Labute approximate surface area is 180 Å². The number of thioether (sulfide) groups is 1. The summed E-state index contributed by atoms with van der Waals surface area (Å²) < 4.78 is 8.62. The van der Waals surface area contributed by atoms with Crippen molar-refractivity contribution in [3.05, 3.63) is 58.6 Å². The van der Waals surface area contributed by atoms with Crippen LogP contribution in [0.2, 0.25) is 0 Å². The van der Waals surface area contributed by atoms with Crippen molar-refractivity contribution in [1.82, 2.24) is 23.9 Å². The topological polar surface area (TPSA) is 138 Å². The first-order valence-corrected chi connectivity index (χ1v) is 10.8. The van der Waals surface area contributed by atoms with Crippen molar-refractivity contribution < 1.29 is 20.1 Å². The third kappa shape index (κ3) is 3.44. The second-order valence-corrected chi connectivity index (χ2v) is 8.38. The zero-order chi connectivity index (χ0) is 21.5. The van der Waals surface area contributed by atoms with Gasteiger partial charge in [-0.15, -0.1) is 0 Å². The molecule has 0 amide bonds. The van der Waals surface area contributed by atoms with Gasteiger partial charge in [-0.3, -0.25) is 13.8 Å². The lowest BCUT2D eigenvalue weighted by atomic mass is 10.1. The van der Waals surface area contributed by atoms with Gasteiger partial charge in [0.1, 0.15) is 18.3 Å². The molecular formula is C20H21N5O5S. The molecule has 10 nitrogen and oxygen atoms in total. The van der Waals surface area contributed by atoms with E-state index >= 15 is 0 Å². The SMILES string of the molecule is O=c1c2nc(SCCc3ccccc3)n([C@@H]3O[C@H](CO)[C@@H](O)[C@H]3O)c2nc2[nH]ccn12. The number of aliphatic hydroxyl groups excluding tert-OH is 3. The molecule has 1 aliphatic heterocycles. The molecular weight excluding hydrogens is 422 g/mol. The van der Waals surface area contributed by atoms with E-state index in [-0.39, 0.29) is 16.7 Å². The van der Waals surface area contributed by atoms with Crippen molar-refractivity contribution in [2.75, 3.05) is 12.4 Å². The van der Waals surface area contributed by atoms with Gasteiger partial charge in [0, 0.05) is 18.1 Å². The summed E-state index contributed by atoms with van der Waals surface area (Å²) in [6.45, 7) is -0.450. The summed E-state index contributed by atoms with van der Waals surface area (Å²) in [5, 5.41) is 30.8. The molecule has 0 saturated carbocycles. The summed E-state index contributed by atoms with van der Waals surface area (Å²) in [5.41, 5.74) is 1.19. The second kappa shape index (κ2) is 8.09. The number of aliphatic hydroxyl groups is 3. The van der Waals surface area contributed by atoms with Gasteiger partial charge in [-0.05, 0) is 12.0 Å². The van der Waals surface area contributed by atoms with Gasteiger partial charge in [0.25, 0.3) is 5.56 Å². The Morgan fingerprint density at radius 3 is 2.71 bits per heavy atom. The van der Waals surface area contributed by atoms with E-state index in [9.17, 15) is 20.1 Å². The monoisotopic (exact) mass is 443 g/mol. The lowest BCUT2D eigenvalue weighted by molar-refractivity contribution is -0.0548. The van der Waals surface area contributed by atoms with Gasteiger partial charge in [-0.1, -0.05) is 42.1 Å². The Kier molecular flexibility index (Phi) is 5.28. The molecule has 4 heterocycles. The minimum absolute atomic E-state index is 0.136. The molecule has 0 unspecified atom stereocenters. The number of H-pyrrole nitrogens is 1. The predicted molar refractivity (Wildman–Crippen MR) is 113 cm³/mol. The first kappa shape index (κ1) is 20.2. The van der Waals surface area contributed by atoms with Crippen LogP contribution in [-0.2, 0) is 11.2 Å². The highest BCUT2D eigenvalue weighted by Gasteiger charge is 2.45. The Morgan fingerprint density at radius 2 is 1.97 bits per heavy atom. The van der Waals surface area contributed by atoms with E-state index in [2.05, 4.69) is 15.0 Å². The van der Waals surface area contributed by atoms with E-state index in [1.54, 1.807) is 12.4 Å². The number of nitrogens with one attached hydrogen (secondary N) is 1. The highest BCUT2D eigenvalue weighted by molar-refractivity contribution is 7.99. The number of benzene rings is 1. The molecule has 3 aromatic heterocycles. The standard InChI is InChI=1S/C20H21N5O5S/c26-10-12-14(27)15(28)18(30-12)25-16-13(17(29)24-8-7-21-19(24)23-16)22-20(25)31-9-6-11-4-2-1-3-5-11/h1-5,7-8,12,14-15,18,26-28H,6,9-10H2,(H,21,23)/t12-,14-,15-,18-/m1/s1. The molecule has 5 rings (SSSR count). The van der Waals surface area contributed by atoms with Crippen LogP contribution in [0.4, 0.5) is 0 Å². The Hall–Kier alpha value is -2.70. The van der Waals surface area contributed by atoms with Crippen molar-refractivity contribution in [2.24, 2.45) is 0 Å². The molecule has 4 atom stereocenters. The molecule has 31 heavy (non-hydrogen) atoms. The quantitative estimate of drug-likeness (QED) is 0.313. The molecule has 0 bridgehead atoms. The van der Waals surface area contributed by atoms with E-state index in [0.29, 0.717) is 16.7 Å².